The lowest BCUT2D eigenvalue weighted by Gasteiger charge is -2.13. The van der Waals surface area contributed by atoms with Crippen LogP contribution >= 0.6 is 0 Å². The van der Waals surface area contributed by atoms with Crippen molar-refractivity contribution in [1.29, 1.82) is 0 Å². The van der Waals surface area contributed by atoms with Gasteiger partial charge in [-0.25, -0.2) is 4.98 Å². The van der Waals surface area contributed by atoms with E-state index in [0.29, 0.717) is 6.61 Å². The van der Waals surface area contributed by atoms with Gasteiger partial charge in [-0.3, -0.25) is 4.39 Å². The van der Waals surface area contributed by atoms with Crippen LogP contribution < -0.4 is 9.64 Å². The van der Waals surface area contributed by atoms with Crippen molar-refractivity contribution < 1.29 is 9.13 Å². The van der Waals surface area contributed by atoms with E-state index in [2.05, 4.69) is 29.2 Å². The predicted molar refractivity (Wildman–Crippen MR) is 102 cm³/mol. The smallest absolute Gasteiger partial charge is 0.120 e. The summed E-state index contributed by atoms with van der Waals surface area (Å²) in [6, 6.07) is 18.2. The quantitative estimate of drug-likeness (QED) is 0.636. The summed E-state index contributed by atoms with van der Waals surface area (Å²) in [5.74, 6) is 0.652. The molecule has 1 heterocycles. The molecule has 130 valence electrons. The molecular formula is C21H23FN2O. The number of benzene rings is 2. The van der Waals surface area contributed by atoms with Gasteiger partial charge in [0.1, 0.15) is 5.75 Å². The molecule has 0 aliphatic carbocycles. The predicted octanol–water partition coefficient (Wildman–Crippen LogP) is 4.95. The molecule has 0 saturated carbocycles. The summed E-state index contributed by atoms with van der Waals surface area (Å²) >= 11 is 0. The van der Waals surface area contributed by atoms with Crippen molar-refractivity contribution in [2.45, 2.75) is 6.92 Å². The molecule has 0 N–H and O–H groups in total. The second-order valence-electron chi connectivity index (χ2n) is 6.56. The molecule has 0 amide bonds. The largest absolute Gasteiger partial charge is 0.493 e. The van der Waals surface area contributed by atoms with E-state index >= 15 is 0 Å². The molecule has 3 rings (SSSR count). The van der Waals surface area contributed by atoms with Gasteiger partial charge in [-0.2, -0.15) is 0 Å². The van der Waals surface area contributed by atoms with Crippen LogP contribution in [0.3, 0.4) is 0 Å². The van der Waals surface area contributed by atoms with Crippen LogP contribution in [0.5, 0.6) is 5.75 Å². The molecule has 0 radical (unpaired) electrons. The lowest BCUT2D eigenvalue weighted by molar-refractivity contribution is 0.229. The zero-order chi connectivity index (χ0) is 17.8. The maximum absolute atomic E-state index is 12.5. The lowest BCUT2D eigenvalue weighted by atomic mass is 10.1. The summed E-state index contributed by atoms with van der Waals surface area (Å²) in [5.41, 5.74) is 4.11. The van der Waals surface area contributed by atoms with E-state index in [1.807, 2.05) is 51.4 Å². The molecule has 3 aromatic rings. The maximum Gasteiger partial charge on any atom is 0.120 e. The van der Waals surface area contributed by atoms with Gasteiger partial charge in [0.05, 0.1) is 24.5 Å². The first kappa shape index (κ1) is 17.2. The molecule has 25 heavy (non-hydrogen) atoms. The average Bonchev–Trinajstić information content (AvgIpc) is 2.65. The zero-order valence-corrected chi connectivity index (χ0v) is 14.9. The molecule has 1 atom stereocenters. The molecule has 2 aromatic carbocycles. The summed E-state index contributed by atoms with van der Waals surface area (Å²) in [6.07, 6.45) is 0. The topological polar surface area (TPSA) is 25.4 Å². The number of rotatable bonds is 6. The fourth-order valence-corrected chi connectivity index (χ4v) is 2.57. The van der Waals surface area contributed by atoms with E-state index in [4.69, 9.17) is 9.72 Å². The minimum atomic E-state index is -0.370. The van der Waals surface area contributed by atoms with Crippen molar-refractivity contribution in [3.63, 3.8) is 0 Å². The van der Waals surface area contributed by atoms with Gasteiger partial charge >= 0.3 is 0 Å². The van der Waals surface area contributed by atoms with Crippen molar-refractivity contribution in [2.24, 2.45) is 5.92 Å². The summed E-state index contributed by atoms with van der Waals surface area (Å²) in [4.78, 5) is 6.82. The molecule has 3 nitrogen and oxygen atoms in total. The SMILES string of the molecule is C[C@H](CF)COc1ccc2nc(-c3ccc(N(C)C)cc3)ccc2c1. The molecule has 0 bridgehead atoms. The summed E-state index contributed by atoms with van der Waals surface area (Å²) < 4.78 is 18.2. The Morgan fingerprint density at radius 1 is 1.04 bits per heavy atom. The van der Waals surface area contributed by atoms with Crippen molar-refractivity contribution in [3.8, 4) is 17.0 Å². The normalized spacial score (nSPS) is 12.2. The Morgan fingerprint density at radius 3 is 2.48 bits per heavy atom. The molecule has 4 heteroatoms. The number of alkyl halides is 1. The summed E-state index contributed by atoms with van der Waals surface area (Å²) in [7, 11) is 4.05. The number of fused-ring (bicyclic) bond motifs is 1. The van der Waals surface area contributed by atoms with E-state index < -0.39 is 0 Å². The van der Waals surface area contributed by atoms with Crippen molar-refractivity contribution in [2.75, 3.05) is 32.3 Å². The highest BCUT2D eigenvalue weighted by Crippen LogP contribution is 2.25. The minimum absolute atomic E-state index is 0.0960. The molecular weight excluding hydrogens is 315 g/mol. The van der Waals surface area contributed by atoms with Crippen molar-refractivity contribution in [1.82, 2.24) is 4.98 Å². The van der Waals surface area contributed by atoms with E-state index in [1.54, 1.807) is 0 Å². The highest BCUT2D eigenvalue weighted by Gasteiger charge is 2.06. The van der Waals surface area contributed by atoms with Gasteiger partial charge in [-0.1, -0.05) is 25.1 Å². The molecule has 0 fully saturated rings. The number of nitrogens with zero attached hydrogens (tertiary/aromatic N) is 2. The Hall–Kier alpha value is -2.62. The summed E-state index contributed by atoms with van der Waals surface area (Å²) in [5, 5.41) is 1.01. The van der Waals surface area contributed by atoms with E-state index in [-0.39, 0.29) is 12.6 Å². The third-order valence-electron chi connectivity index (χ3n) is 4.14. The Bertz CT molecular complexity index is 846. The molecule has 0 aliphatic heterocycles. The highest BCUT2D eigenvalue weighted by molar-refractivity contribution is 5.83. The second kappa shape index (κ2) is 7.51. The van der Waals surface area contributed by atoms with Gasteiger partial charge in [-0.05, 0) is 36.4 Å². The first-order valence-corrected chi connectivity index (χ1v) is 8.44. The van der Waals surface area contributed by atoms with Gasteiger partial charge in [-0.15, -0.1) is 0 Å². The van der Waals surface area contributed by atoms with Crippen molar-refractivity contribution >= 4 is 16.6 Å². The van der Waals surface area contributed by atoms with Crippen LogP contribution in [0.2, 0.25) is 0 Å². The van der Waals surface area contributed by atoms with Crippen LogP contribution in [-0.2, 0) is 0 Å². The fraction of sp³-hybridized carbons (Fsp3) is 0.286. The number of hydrogen-bond donors (Lipinski definition) is 0. The number of ether oxygens (including phenoxy) is 1. The van der Waals surface area contributed by atoms with Gasteiger partial charge in [0.25, 0.3) is 0 Å². The highest BCUT2D eigenvalue weighted by atomic mass is 19.1. The van der Waals surface area contributed by atoms with Crippen molar-refractivity contribution in [3.05, 3.63) is 54.6 Å². The maximum atomic E-state index is 12.5. The fourth-order valence-electron chi connectivity index (χ4n) is 2.57. The van der Waals surface area contributed by atoms with E-state index in [9.17, 15) is 4.39 Å². The van der Waals surface area contributed by atoms with Crippen LogP contribution in [0.25, 0.3) is 22.2 Å². The molecule has 0 aliphatic rings. The second-order valence-corrected chi connectivity index (χ2v) is 6.56. The van der Waals surface area contributed by atoms with Gasteiger partial charge in [0.2, 0.25) is 0 Å². The Balaban J connectivity index is 1.82. The summed E-state index contributed by atoms with van der Waals surface area (Å²) in [6.45, 7) is 1.84. The lowest BCUT2D eigenvalue weighted by Crippen LogP contribution is -2.09. The Kier molecular flexibility index (Phi) is 5.17. The standard InChI is InChI=1S/C21H23FN2O/c1-15(13-22)14-25-19-9-11-21-17(12-19)6-10-20(23-21)16-4-7-18(8-5-16)24(2)3/h4-12,15H,13-14H2,1-3H3/t15-/m1/s1. The van der Waals surface area contributed by atoms with Gasteiger partial charge in [0.15, 0.2) is 0 Å². The Labute approximate surface area is 148 Å². The zero-order valence-electron chi connectivity index (χ0n) is 14.9. The monoisotopic (exact) mass is 338 g/mol. The number of anilines is 1. The van der Waals surface area contributed by atoms with Gasteiger partial charge < -0.3 is 9.64 Å². The number of halogens is 1. The molecule has 0 spiro atoms. The average molecular weight is 338 g/mol. The third kappa shape index (κ3) is 4.08. The number of pyridine rings is 1. The first-order valence-electron chi connectivity index (χ1n) is 8.44. The van der Waals surface area contributed by atoms with Crippen LogP contribution in [0.1, 0.15) is 6.92 Å². The van der Waals surface area contributed by atoms with Crippen LogP contribution in [0.15, 0.2) is 54.6 Å². The van der Waals surface area contributed by atoms with Crippen LogP contribution in [0.4, 0.5) is 10.1 Å². The van der Waals surface area contributed by atoms with Crippen LogP contribution in [0, 0.1) is 5.92 Å². The molecule has 0 unspecified atom stereocenters. The first-order chi connectivity index (χ1) is 12.1. The molecule has 1 aromatic heterocycles. The van der Waals surface area contributed by atoms with Gasteiger partial charge in [0, 0.05) is 36.7 Å². The number of aromatic nitrogens is 1. The minimum Gasteiger partial charge on any atom is -0.493 e. The molecule has 0 saturated heterocycles. The Morgan fingerprint density at radius 2 is 1.80 bits per heavy atom. The van der Waals surface area contributed by atoms with E-state index in [1.165, 1.54) is 0 Å². The van der Waals surface area contributed by atoms with E-state index in [0.717, 1.165) is 33.6 Å². The number of hydrogen-bond acceptors (Lipinski definition) is 3. The third-order valence-corrected chi connectivity index (χ3v) is 4.14. The van der Waals surface area contributed by atoms with Crippen LogP contribution in [-0.4, -0.2) is 32.4 Å².